The zero-order valence-corrected chi connectivity index (χ0v) is 19.7. The number of hydrogen-bond donors (Lipinski definition) is 2. The number of amides is 1. The van der Waals surface area contributed by atoms with Crippen molar-refractivity contribution in [2.24, 2.45) is 0 Å². The number of carbonyl (C=O) groups excluding carboxylic acids is 1. The second-order valence-corrected chi connectivity index (χ2v) is 9.27. The summed E-state index contributed by atoms with van der Waals surface area (Å²) in [7, 11) is -3.57. The highest BCUT2D eigenvalue weighted by Gasteiger charge is 2.18. The van der Waals surface area contributed by atoms with Crippen LogP contribution in [0.4, 0.5) is 11.4 Å². The molecular formula is C22H29N3O7S. The summed E-state index contributed by atoms with van der Waals surface area (Å²) < 4.78 is 34.6. The van der Waals surface area contributed by atoms with Crippen LogP contribution in [-0.4, -0.2) is 51.8 Å². The van der Waals surface area contributed by atoms with Gasteiger partial charge in [0.15, 0.2) is 21.3 Å². The lowest BCUT2D eigenvalue weighted by Gasteiger charge is -2.14. The normalized spacial score (nSPS) is 11.0. The first kappa shape index (κ1) is 25.9. The van der Waals surface area contributed by atoms with Crippen LogP contribution in [0, 0.1) is 10.1 Å². The molecule has 2 N–H and O–H groups in total. The summed E-state index contributed by atoms with van der Waals surface area (Å²) in [6.45, 7) is 5.39. The van der Waals surface area contributed by atoms with Crippen LogP contribution in [0.5, 0.6) is 11.5 Å². The lowest BCUT2D eigenvalue weighted by Crippen LogP contribution is -2.28. The van der Waals surface area contributed by atoms with Gasteiger partial charge in [-0.15, -0.1) is 0 Å². The minimum atomic E-state index is -3.57. The molecule has 2 aromatic carbocycles. The molecule has 0 aliphatic heterocycles. The van der Waals surface area contributed by atoms with Gasteiger partial charge in [-0.05, 0) is 43.2 Å². The molecule has 0 heterocycles. The van der Waals surface area contributed by atoms with E-state index in [9.17, 15) is 23.3 Å². The number of rotatable bonds is 13. The van der Waals surface area contributed by atoms with E-state index in [1.807, 2.05) is 13.8 Å². The van der Waals surface area contributed by atoms with Crippen molar-refractivity contribution >= 4 is 27.1 Å². The lowest BCUT2D eigenvalue weighted by molar-refractivity contribution is -0.384. The second kappa shape index (κ2) is 12.0. The van der Waals surface area contributed by atoms with E-state index < -0.39 is 14.8 Å². The Morgan fingerprint density at radius 3 is 2.27 bits per heavy atom. The summed E-state index contributed by atoms with van der Waals surface area (Å²) in [6.07, 6.45) is 2.64. The Balaban J connectivity index is 2.01. The molecule has 0 fully saturated rings. The molecule has 2 rings (SSSR count). The van der Waals surface area contributed by atoms with Crippen LogP contribution in [0.1, 0.15) is 37.0 Å². The molecule has 11 heteroatoms. The Morgan fingerprint density at radius 1 is 1.00 bits per heavy atom. The Bertz CT molecular complexity index is 1090. The molecule has 0 spiro atoms. The summed E-state index contributed by atoms with van der Waals surface area (Å²) in [5.41, 5.74) is 0.201. The van der Waals surface area contributed by atoms with Gasteiger partial charge in [-0.1, -0.05) is 13.8 Å². The van der Waals surface area contributed by atoms with E-state index in [1.54, 1.807) is 18.2 Å². The average molecular weight is 480 g/mol. The molecule has 0 unspecified atom stereocenters. The number of benzene rings is 2. The number of nitro groups is 1. The van der Waals surface area contributed by atoms with Crippen LogP contribution in [-0.2, 0) is 9.84 Å². The highest BCUT2D eigenvalue weighted by Crippen LogP contribution is 2.29. The fourth-order valence-electron chi connectivity index (χ4n) is 2.82. The van der Waals surface area contributed by atoms with E-state index in [4.69, 9.17) is 9.47 Å². The summed E-state index contributed by atoms with van der Waals surface area (Å²) in [4.78, 5) is 23.0. The van der Waals surface area contributed by atoms with Crippen molar-refractivity contribution in [3.05, 3.63) is 52.1 Å². The Kier molecular flexibility index (Phi) is 9.46. The zero-order valence-electron chi connectivity index (χ0n) is 18.9. The number of nitrogens with one attached hydrogen (secondary N) is 2. The molecule has 0 atom stereocenters. The van der Waals surface area contributed by atoms with Crippen molar-refractivity contribution in [1.82, 2.24) is 5.32 Å². The molecule has 180 valence electrons. The van der Waals surface area contributed by atoms with Crippen molar-refractivity contribution in [3.8, 4) is 11.5 Å². The largest absolute Gasteiger partial charge is 0.490 e. The molecule has 0 bridgehead atoms. The first-order valence-electron chi connectivity index (χ1n) is 10.6. The van der Waals surface area contributed by atoms with E-state index in [-0.39, 0.29) is 35.3 Å². The van der Waals surface area contributed by atoms with Gasteiger partial charge in [0.1, 0.15) is 5.69 Å². The van der Waals surface area contributed by atoms with Crippen LogP contribution in [0.15, 0.2) is 41.3 Å². The lowest BCUT2D eigenvalue weighted by atomic mass is 10.2. The van der Waals surface area contributed by atoms with E-state index in [2.05, 4.69) is 10.6 Å². The molecule has 10 nitrogen and oxygen atoms in total. The van der Waals surface area contributed by atoms with Crippen LogP contribution in [0.2, 0.25) is 0 Å². The van der Waals surface area contributed by atoms with Crippen molar-refractivity contribution in [2.45, 2.75) is 31.6 Å². The quantitative estimate of drug-likeness (QED) is 0.253. The predicted molar refractivity (Wildman–Crippen MR) is 125 cm³/mol. The molecular weight excluding hydrogens is 450 g/mol. The Hall–Kier alpha value is -3.34. The topological polar surface area (TPSA) is 137 Å². The molecule has 0 aromatic heterocycles. The molecule has 1 amide bonds. The number of anilines is 1. The maximum atomic E-state index is 12.5. The van der Waals surface area contributed by atoms with Crippen molar-refractivity contribution in [2.75, 3.05) is 37.9 Å². The number of carbonyl (C=O) groups is 1. The van der Waals surface area contributed by atoms with Crippen molar-refractivity contribution in [3.63, 3.8) is 0 Å². The van der Waals surface area contributed by atoms with Gasteiger partial charge in [0.25, 0.3) is 11.6 Å². The predicted octanol–water partition coefficient (Wildman–Crippen LogP) is 3.42. The fraction of sp³-hybridized carbons (Fsp3) is 0.409. The van der Waals surface area contributed by atoms with Gasteiger partial charge in [-0.25, -0.2) is 8.42 Å². The molecule has 33 heavy (non-hydrogen) atoms. The molecule has 0 aliphatic carbocycles. The Labute approximate surface area is 193 Å². The minimum Gasteiger partial charge on any atom is -0.490 e. The first-order valence-corrected chi connectivity index (χ1v) is 12.5. The number of nitro benzene ring substituents is 1. The van der Waals surface area contributed by atoms with Gasteiger partial charge in [-0.3, -0.25) is 14.9 Å². The van der Waals surface area contributed by atoms with Crippen LogP contribution in [0.25, 0.3) is 0 Å². The number of sulfone groups is 1. The minimum absolute atomic E-state index is 0.138. The van der Waals surface area contributed by atoms with Crippen molar-refractivity contribution < 1.29 is 27.6 Å². The smallest absolute Gasteiger partial charge is 0.293 e. The van der Waals surface area contributed by atoms with Crippen LogP contribution < -0.4 is 20.1 Å². The van der Waals surface area contributed by atoms with Crippen LogP contribution in [0.3, 0.4) is 0 Å². The number of nitrogens with zero attached hydrogens (tertiary/aromatic N) is 1. The Morgan fingerprint density at radius 2 is 1.67 bits per heavy atom. The highest BCUT2D eigenvalue weighted by molar-refractivity contribution is 7.90. The highest BCUT2D eigenvalue weighted by atomic mass is 32.2. The third kappa shape index (κ3) is 7.63. The third-order valence-electron chi connectivity index (χ3n) is 4.45. The zero-order chi connectivity index (χ0) is 24.4. The van der Waals surface area contributed by atoms with Gasteiger partial charge in [0.05, 0.1) is 23.0 Å². The third-order valence-corrected chi connectivity index (χ3v) is 5.56. The van der Waals surface area contributed by atoms with E-state index in [1.165, 1.54) is 12.1 Å². The molecule has 0 radical (unpaired) electrons. The fourth-order valence-corrected chi connectivity index (χ4v) is 3.46. The van der Waals surface area contributed by atoms with Crippen LogP contribution >= 0.6 is 0 Å². The average Bonchev–Trinajstić information content (AvgIpc) is 2.78. The maximum absolute atomic E-state index is 12.5. The van der Waals surface area contributed by atoms with E-state index >= 15 is 0 Å². The van der Waals surface area contributed by atoms with Gasteiger partial charge < -0.3 is 20.1 Å². The summed E-state index contributed by atoms with van der Waals surface area (Å²) in [6, 6.07) is 8.60. The summed E-state index contributed by atoms with van der Waals surface area (Å²) in [5.74, 6) is 0.744. The SMILES string of the molecule is CCCOc1ccc(C(=O)NCCNc2ccc(S(C)(=O)=O)cc2[N+](=O)[O-])cc1OCCC. The molecule has 0 aliphatic rings. The first-order chi connectivity index (χ1) is 15.7. The monoisotopic (exact) mass is 479 g/mol. The van der Waals surface area contributed by atoms with E-state index in [0.717, 1.165) is 25.2 Å². The summed E-state index contributed by atoms with van der Waals surface area (Å²) in [5, 5.41) is 16.9. The number of ether oxygens (including phenoxy) is 2. The number of hydrogen-bond acceptors (Lipinski definition) is 8. The van der Waals surface area contributed by atoms with Gasteiger partial charge in [0.2, 0.25) is 0 Å². The van der Waals surface area contributed by atoms with Gasteiger partial charge in [-0.2, -0.15) is 0 Å². The standard InChI is InChI=1S/C22H29N3O7S/c1-4-12-31-20-9-6-16(14-21(20)32-13-5-2)22(26)24-11-10-23-18-8-7-17(33(3,29)30)15-19(18)25(27)28/h6-9,14-15,23H,4-5,10-13H2,1-3H3,(H,24,26). The summed E-state index contributed by atoms with van der Waals surface area (Å²) >= 11 is 0. The van der Waals surface area contributed by atoms with Crippen molar-refractivity contribution in [1.29, 1.82) is 0 Å². The molecule has 0 saturated heterocycles. The van der Waals surface area contributed by atoms with Gasteiger partial charge >= 0.3 is 0 Å². The maximum Gasteiger partial charge on any atom is 0.293 e. The molecule has 2 aromatic rings. The second-order valence-electron chi connectivity index (χ2n) is 7.25. The van der Waals surface area contributed by atoms with Gasteiger partial charge in [0, 0.05) is 31.0 Å². The van der Waals surface area contributed by atoms with E-state index in [0.29, 0.717) is 30.3 Å². The molecule has 0 saturated carbocycles.